The van der Waals surface area contributed by atoms with Crippen LogP contribution in [0.2, 0.25) is 0 Å². The molecule has 2 atom stereocenters. The molecule has 3 heteroatoms. The predicted molar refractivity (Wildman–Crippen MR) is 80.2 cm³/mol. The van der Waals surface area contributed by atoms with Crippen LogP contribution in [0.5, 0.6) is 0 Å². The van der Waals surface area contributed by atoms with Crippen LogP contribution in [0.15, 0.2) is 0 Å². The first-order valence-corrected chi connectivity index (χ1v) is 8.53. The number of rotatable bonds is 3. The summed E-state index contributed by atoms with van der Waals surface area (Å²) in [6.07, 6.45) is 11.0. The van der Waals surface area contributed by atoms with Crippen molar-refractivity contribution in [3.05, 3.63) is 0 Å². The van der Waals surface area contributed by atoms with E-state index in [1.165, 1.54) is 84.1 Å². The third-order valence-corrected chi connectivity index (χ3v) is 5.56. The van der Waals surface area contributed by atoms with Gasteiger partial charge in [0.05, 0.1) is 0 Å². The van der Waals surface area contributed by atoms with Gasteiger partial charge in [0.1, 0.15) is 0 Å². The zero-order valence-corrected chi connectivity index (χ0v) is 12.4. The average Bonchev–Trinajstić information content (AvgIpc) is 2.86. The van der Waals surface area contributed by atoms with E-state index in [4.69, 9.17) is 5.73 Å². The molecular weight excluding hydrogens is 234 g/mol. The molecule has 2 heterocycles. The van der Waals surface area contributed by atoms with E-state index in [0.29, 0.717) is 6.04 Å². The molecule has 2 aliphatic heterocycles. The number of hydrogen-bond acceptors (Lipinski definition) is 3. The quantitative estimate of drug-likeness (QED) is 0.848. The number of piperidine rings is 2. The van der Waals surface area contributed by atoms with E-state index in [2.05, 4.69) is 9.80 Å². The lowest BCUT2D eigenvalue weighted by molar-refractivity contribution is 0.0856. The van der Waals surface area contributed by atoms with Crippen molar-refractivity contribution in [2.75, 3.05) is 32.7 Å². The van der Waals surface area contributed by atoms with Gasteiger partial charge in [0.25, 0.3) is 0 Å². The third-order valence-electron chi connectivity index (χ3n) is 5.56. The topological polar surface area (TPSA) is 32.5 Å². The minimum absolute atomic E-state index is 0.496. The highest BCUT2D eigenvalue weighted by Gasteiger charge is 2.28. The van der Waals surface area contributed by atoms with Crippen molar-refractivity contribution in [2.45, 2.75) is 63.5 Å². The third kappa shape index (κ3) is 3.71. The minimum atomic E-state index is 0.496. The average molecular weight is 265 g/mol. The summed E-state index contributed by atoms with van der Waals surface area (Å²) in [5, 5.41) is 0. The van der Waals surface area contributed by atoms with Gasteiger partial charge in [0.15, 0.2) is 0 Å². The first-order chi connectivity index (χ1) is 9.31. The summed E-state index contributed by atoms with van der Waals surface area (Å²) in [4.78, 5) is 5.48. The molecule has 2 unspecified atom stereocenters. The van der Waals surface area contributed by atoms with Crippen LogP contribution in [0, 0.1) is 5.92 Å². The molecule has 0 aromatic rings. The predicted octanol–water partition coefficient (Wildman–Crippen LogP) is 2.06. The Balaban J connectivity index is 1.39. The lowest BCUT2D eigenvalue weighted by atomic mass is 9.98. The fourth-order valence-electron chi connectivity index (χ4n) is 4.40. The molecule has 0 bridgehead atoms. The van der Waals surface area contributed by atoms with Gasteiger partial charge in [0.2, 0.25) is 0 Å². The van der Waals surface area contributed by atoms with E-state index in [1.807, 2.05) is 0 Å². The highest BCUT2D eigenvalue weighted by Crippen LogP contribution is 2.27. The van der Waals surface area contributed by atoms with Gasteiger partial charge in [-0.2, -0.15) is 0 Å². The summed E-state index contributed by atoms with van der Waals surface area (Å²) in [6, 6.07) is 1.39. The van der Waals surface area contributed by atoms with Crippen molar-refractivity contribution in [3.63, 3.8) is 0 Å². The molecule has 3 nitrogen and oxygen atoms in total. The number of nitrogens with two attached hydrogens (primary N) is 1. The Kier molecular flexibility index (Phi) is 4.78. The summed E-state index contributed by atoms with van der Waals surface area (Å²) < 4.78 is 0. The number of nitrogens with zero attached hydrogens (tertiary/aromatic N) is 2. The molecule has 110 valence electrons. The van der Waals surface area contributed by atoms with Crippen molar-refractivity contribution in [1.82, 2.24) is 9.80 Å². The van der Waals surface area contributed by atoms with Gasteiger partial charge in [-0.25, -0.2) is 0 Å². The largest absolute Gasteiger partial charge is 0.328 e. The Hall–Kier alpha value is -0.120. The SMILES string of the molecule is NC1CCC(CN2CCC(N3CCCCC3)CC2)C1. The van der Waals surface area contributed by atoms with Gasteiger partial charge >= 0.3 is 0 Å². The maximum atomic E-state index is 6.02. The summed E-state index contributed by atoms with van der Waals surface area (Å²) in [5.41, 5.74) is 6.02. The standard InChI is InChI=1S/C16H31N3/c17-15-5-4-14(12-15)13-18-10-6-16(7-11-18)19-8-2-1-3-9-19/h14-16H,1-13,17H2. The fourth-order valence-corrected chi connectivity index (χ4v) is 4.40. The minimum Gasteiger partial charge on any atom is -0.328 e. The highest BCUT2D eigenvalue weighted by atomic mass is 15.2. The van der Waals surface area contributed by atoms with Crippen LogP contribution in [-0.4, -0.2) is 54.6 Å². The van der Waals surface area contributed by atoms with Crippen LogP contribution in [0.1, 0.15) is 51.4 Å². The Bertz CT molecular complexity index is 267. The van der Waals surface area contributed by atoms with E-state index < -0.39 is 0 Å². The Morgan fingerprint density at radius 1 is 0.842 bits per heavy atom. The van der Waals surface area contributed by atoms with Crippen LogP contribution in [0.25, 0.3) is 0 Å². The van der Waals surface area contributed by atoms with E-state index >= 15 is 0 Å². The van der Waals surface area contributed by atoms with Gasteiger partial charge < -0.3 is 15.5 Å². The highest BCUT2D eigenvalue weighted by molar-refractivity contribution is 4.85. The van der Waals surface area contributed by atoms with Gasteiger partial charge in [-0.15, -0.1) is 0 Å². The Morgan fingerprint density at radius 2 is 1.58 bits per heavy atom. The van der Waals surface area contributed by atoms with Crippen LogP contribution < -0.4 is 5.73 Å². The monoisotopic (exact) mass is 265 g/mol. The molecule has 2 N–H and O–H groups in total. The first kappa shape index (κ1) is 13.8. The molecule has 3 rings (SSSR count). The maximum Gasteiger partial charge on any atom is 0.0120 e. The van der Waals surface area contributed by atoms with Crippen molar-refractivity contribution in [1.29, 1.82) is 0 Å². The normalized spacial score (nSPS) is 35.8. The molecule has 19 heavy (non-hydrogen) atoms. The van der Waals surface area contributed by atoms with Crippen molar-refractivity contribution < 1.29 is 0 Å². The molecule has 1 aliphatic carbocycles. The van der Waals surface area contributed by atoms with Crippen molar-refractivity contribution in [2.24, 2.45) is 11.7 Å². The maximum absolute atomic E-state index is 6.02. The molecule has 0 radical (unpaired) electrons. The zero-order valence-electron chi connectivity index (χ0n) is 12.4. The number of hydrogen-bond donors (Lipinski definition) is 1. The molecule has 0 aromatic carbocycles. The second kappa shape index (κ2) is 6.55. The van der Waals surface area contributed by atoms with Crippen LogP contribution in [0.4, 0.5) is 0 Å². The van der Waals surface area contributed by atoms with Gasteiger partial charge in [0, 0.05) is 18.6 Å². The van der Waals surface area contributed by atoms with Crippen molar-refractivity contribution >= 4 is 0 Å². The van der Waals surface area contributed by atoms with E-state index in [1.54, 1.807) is 0 Å². The zero-order chi connectivity index (χ0) is 13.1. The summed E-state index contributed by atoms with van der Waals surface area (Å²) in [5.74, 6) is 0.890. The Morgan fingerprint density at radius 3 is 2.21 bits per heavy atom. The first-order valence-electron chi connectivity index (χ1n) is 8.53. The van der Waals surface area contributed by atoms with Crippen LogP contribution in [0.3, 0.4) is 0 Å². The second-order valence-electron chi connectivity index (χ2n) is 7.07. The summed E-state index contributed by atoms with van der Waals surface area (Å²) >= 11 is 0. The van der Waals surface area contributed by atoms with Gasteiger partial charge in [-0.05, 0) is 77.0 Å². The van der Waals surface area contributed by atoms with Gasteiger partial charge in [-0.1, -0.05) is 6.42 Å². The fraction of sp³-hybridized carbons (Fsp3) is 1.00. The van der Waals surface area contributed by atoms with E-state index in [-0.39, 0.29) is 0 Å². The molecule has 0 aromatic heterocycles. The summed E-state index contributed by atoms with van der Waals surface area (Å²) in [6.45, 7) is 6.70. The molecule has 3 fully saturated rings. The molecular formula is C16H31N3. The van der Waals surface area contributed by atoms with E-state index in [0.717, 1.165) is 12.0 Å². The molecule has 3 aliphatic rings. The van der Waals surface area contributed by atoms with Crippen molar-refractivity contribution in [3.8, 4) is 0 Å². The van der Waals surface area contributed by atoms with E-state index in [9.17, 15) is 0 Å². The smallest absolute Gasteiger partial charge is 0.0120 e. The molecule has 2 saturated heterocycles. The second-order valence-corrected chi connectivity index (χ2v) is 7.07. The lowest BCUT2D eigenvalue weighted by Gasteiger charge is -2.40. The Labute approximate surface area is 118 Å². The molecule has 1 saturated carbocycles. The molecule has 0 amide bonds. The van der Waals surface area contributed by atoms with Crippen LogP contribution >= 0.6 is 0 Å². The van der Waals surface area contributed by atoms with Gasteiger partial charge in [-0.3, -0.25) is 0 Å². The number of likely N-dealkylation sites (tertiary alicyclic amines) is 2. The molecule has 0 spiro atoms. The van der Waals surface area contributed by atoms with Crippen LogP contribution in [-0.2, 0) is 0 Å². The lowest BCUT2D eigenvalue weighted by Crippen LogP contribution is -2.47. The summed E-state index contributed by atoms with van der Waals surface area (Å²) in [7, 11) is 0.